The van der Waals surface area contributed by atoms with Crippen LogP contribution in [0.15, 0.2) is 18.3 Å². The first-order chi connectivity index (χ1) is 7.33. The van der Waals surface area contributed by atoms with E-state index in [0.717, 1.165) is 30.5 Å². The van der Waals surface area contributed by atoms with Gasteiger partial charge in [0.1, 0.15) is 5.82 Å². The number of aromatic nitrogens is 1. The minimum Gasteiger partial charge on any atom is -0.351 e. The molecule has 15 heavy (non-hydrogen) atoms. The summed E-state index contributed by atoms with van der Waals surface area (Å²) in [7, 11) is 0. The van der Waals surface area contributed by atoms with Crippen molar-refractivity contribution >= 4 is 17.4 Å². The van der Waals surface area contributed by atoms with Crippen molar-refractivity contribution in [3.8, 4) is 0 Å². The maximum absolute atomic E-state index is 6.15. The summed E-state index contributed by atoms with van der Waals surface area (Å²) in [5.41, 5.74) is 0. The van der Waals surface area contributed by atoms with Crippen molar-refractivity contribution in [2.45, 2.75) is 19.4 Å². The minimum absolute atomic E-state index is 0.530. The average Bonchev–Trinajstić information content (AvgIpc) is 2.75. The lowest BCUT2D eigenvalue weighted by Crippen LogP contribution is -2.37. The number of hydrogen-bond donors (Lipinski definition) is 1. The van der Waals surface area contributed by atoms with E-state index in [0.29, 0.717) is 6.04 Å². The molecule has 4 heteroatoms. The van der Waals surface area contributed by atoms with Crippen LogP contribution < -0.4 is 10.2 Å². The van der Waals surface area contributed by atoms with Crippen molar-refractivity contribution < 1.29 is 0 Å². The molecule has 1 aromatic rings. The Balaban J connectivity index is 2.22. The topological polar surface area (TPSA) is 28.2 Å². The predicted molar refractivity (Wildman–Crippen MR) is 63.5 cm³/mol. The maximum Gasteiger partial charge on any atom is 0.147 e. The predicted octanol–water partition coefficient (Wildman–Crippen LogP) is 1.92. The molecule has 1 aliphatic rings. The van der Waals surface area contributed by atoms with Crippen LogP contribution in [-0.4, -0.2) is 30.7 Å². The first-order valence-electron chi connectivity index (χ1n) is 5.40. The van der Waals surface area contributed by atoms with Crippen LogP contribution in [0.1, 0.15) is 13.3 Å². The monoisotopic (exact) mass is 225 g/mol. The van der Waals surface area contributed by atoms with Crippen molar-refractivity contribution in [2.75, 3.05) is 24.5 Å². The minimum atomic E-state index is 0.530. The molecule has 0 saturated carbocycles. The molecule has 0 radical (unpaired) electrons. The SMILES string of the molecule is CCN(c1ncccc1Cl)C1CCNC1. The van der Waals surface area contributed by atoms with E-state index in [4.69, 9.17) is 11.6 Å². The number of rotatable bonds is 3. The van der Waals surface area contributed by atoms with Gasteiger partial charge in [-0.15, -0.1) is 0 Å². The van der Waals surface area contributed by atoms with Crippen molar-refractivity contribution in [3.05, 3.63) is 23.4 Å². The summed E-state index contributed by atoms with van der Waals surface area (Å²) in [6.07, 6.45) is 2.97. The molecule has 0 bridgehead atoms. The van der Waals surface area contributed by atoms with Gasteiger partial charge >= 0.3 is 0 Å². The van der Waals surface area contributed by atoms with Crippen LogP contribution in [0.4, 0.5) is 5.82 Å². The van der Waals surface area contributed by atoms with Gasteiger partial charge in [0.05, 0.1) is 5.02 Å². The summed E-state index contributed by atoms with van der Waals surface area (Å²) in [5, 5.41) is 4.11. The highest BCUT2D eigenvalue weighted by atomic mass is 35.5. The summed E-state index contributed by atoms with van der Waals surface area (Å²) in [4.78, 5) is 6.64. The van der Waals surface area contributed by atoms with E-state index in [-0.39, 0.29) is 0 Å². The van der Waals surface area contributed by atoms with Crippen LogP contribution in [0.3, 0.4) is 0 Å². The molecule has 2 rings (SSSR count). The molecule has 1 aliphatic heterocycles. The third-order valence-corrected chi connectivity index (χ3v) is 3.12. The van der Waals surface area contributed by atoms with E-state index in [2.05, 4.69) is 22.1 Å². The van der Waals surface area contributed by atoms with Gasteiger partial charge in [-0.1, -0.05) is 11.6 Å². The van der Waals surface area contributed by atoms with Crippen molar-refractivity contribution in [3.63, 3.8) is 0 Å². The van der Waals surface area contributed by atoms with E-state index in [1.165, 1.54) is 6.42 Å². The van der Waals surface area contributed by atoms with Crippen molar-refractivity contribution in [1.29, 1.82) is 0 Å². The summed E-state index contributed by atoms with van der Waals surface area (Å²) in [6.45, 7) is 5.21. The number of pyridine rings is 1. The van der Waals surface area contributed by atoms with Crippen molar-refractivity contribution in [1.82, 2.24) is 10.3 Å². The molecule has 1 saturated heterocycles. The van der Waals surface area contributed by atoms with E-state index in [1.807, 2.05) is 12.1 Å². The van der Waals surface area contributed by atoms with Crippen LogP contribution in [0.2, 0.25) is 5.02 Å². The van der Waals surface area contributed by atoms with E-state index >= 15 is 0 Å². The van der Waals surface area contributed by atoms with Gasteiger partial charge in [-0.2, -0.15) is 0 Å². The molecule has 0 aromatic carbocycles. The van der Waals surface area contributed by atoms with Gasteiger partial charge in [-0.05, 0) is 32.0 Å². The smallest absolute Gasteiger partial charge is 0.147 e. The molecule has 0 spiro atoms. The Morgan fingerprint density at radius 1 is 1.67 bits per heavy atom. The fourth-order valence-corrected chi connectivity index (χ4v) is 2.31. The first kappa shape index (κ1) is 10.7. The molecular weight excluding hydrogens is 210 g/mol. The highest BCUT2D eigenvalue weighted by molar-refractivity contribution is 6.32. The Hall–Kier alpha value is -0.800. The summed E-state index contributed by atoms with van der Waals surface area (Å²) in [5.74, 6) is 0.912. The van der Waals surface area contributed by atoms with Crippen LogP contribution in [0.25, 0.3) is 0 Å². The highest BCUT2D eigenvalue weighted by Gasteiger charge is 2.23. The molecule has 0 amide bonds. The molecule has 82 valence electrons. The normalized spacial score (nSPS) is 20.5. The Kier molecular flexibility index (Phi) is 3.44. The molecule has 1 N–H and O–H groups in total. The molecule has 3 nitrogen and oxygen atoms in total. The van der Waals surface area contributed by atoms with Gasteiger partial charge in [-0.25, -0.2) is 4.98 Å². The Labute approximate surface area is 95.4 Å². The lowest BCUT2D eigenvalue weighted by atomic mass is 10.2. The molecule has 1 unspecified atom stereocenters. The van der Waals surface area contributed by atoms with E-state index in [1.54, 1.807) is 6.20 Å². The van der Waals surface area contributed by atoms with Crippen LogP contribution in [-0.2, 0) is 0 Å². The standard InChI is InChI=1S/C11H16ClN3/c1-2-15(9-5-7-13-8-9)11-10(12)4-3-6-14-11/h3-4,6,9,13H,2,5,7-8H2,1H3. The molecule has 1 aromatic heterocycles. The summed E-state index contributed by atoms with van der Waals surface area (Å²) in [6, 6.07) is 4.30. The first-order valence-corrected chi connectivity index (χ1v) is 5.78. The van der Waals surface area contributed by atoms with Gasteiger partial charge in [0, 0.05) is 25.3 Å². The van der Waals surface area contributed by atoms with E-state index in [9.17, 15) is 0 Å². The van der Waals surface area contributed by atoms with Gasteiger partial charge in [0.15, 0.2) is 0 Å². The zero-order chi connectivity index (χ0) is 10.7. The van der Waals surface area contributed by atoms with Crippen LogP contribution >= 0.6 is 11.6 Å². The second-order valence-electron chi connectivity index (χ2n) is 3.74. The zero-order valence-corrected chi connectivity index (χ0v) is 9.67. The Morgan fingerprint density at radius 2 is 2.53 bits per heavy atom. The van der Waals surface area contributed by atoms with Crippen molar-refractivity contribution in [2.24, 2.45) is 0 Å². The molecule has 1 fully saturated rings. The number of nitrogens with one attached hydrogen (secondary N) is 1. The number of halogens is 1. The lowest BCUT2D eigenvalue weighted by Gasteiger charge is -2.28. The number of nitrogens with zero attached hydrogens (tertiary/aromatic N) is 2. The summed E-state index contributed by atoms with van der Waals surface area (Å²) < 4.78 is 0. The van der Waals surface area contributed by atoms with Crippen LogP contribution in [0.5, 0.6) is 0 Å². The maximum atomic E-state index is 6.15. The molecule has 0 aliphatic carbocycles. The average molecular weight is 226 g/mol. The van der Waals surface area contributed by atoms with Crippen LogP contribution in [0, 0.1) is 0 Å². The number of hydrogen-bond acceptors (Lipinski definition) is 3. The Morgan fingerprint density at radius 3 is 3.13 bits per heavy atom. The van der Waals surface area contributed by atoms with E-state index < -0.39 is 0 Å². The van der Waals surface area contributed by atoms with Gasteiger partial charge in [0.2, 0.25) is 0 Å². The fourth-order valence-electron chi connectivity index (χ4n) is 2.08. The molecule has 2 heterocycles. The lowest BCUT2D eigenvalue weighted by molar-refractivity contribution is 0.640. The summed E-state index contributed by atoms with van der Waals surface area (Å²) >= 11 is 6.15. The third kappa shape index (κ3) is 2.24. The van der Waals surface area contributed by atoms with Gasteiger partial charge in [-0.3, -0.25) is 0 Å². The highest BCUT2D eigenvalue weighted by Crippen LogP contribution is 2.25. The quantitative estimate of drug-likeness (QED) is 0.852. The molecular formula is C11H16ClN3. The van der Waals surface area contributed by atoms with Gasteiger partial charge in [0.25, 0.3) is 0 Å². The number of likely N-dealkylation sites (N-methyl/N-ethyl adjacent to an activating group) is 1. The Bertz CT molecular complexity index is 323. The molecule has 1 atom stereocenters. The second-order valence-corrected chi connectivity index (χ2v) is 4.15. The fraction of sp³-hybridized carbons (Fsp3) is 0.545. The van der Waals surface area contributed by atoms with Gasteiger partial charge < -0.3 is 10.2 Å². The number of anilines is 1. The largest absolute Gasteiger partial charge is 0.351 e. The second kappa shape index (κ2) is 4.81. The zero-order valence-electron chi connectivity index (χ0n) is 8.91. The third-order valence-electron chi connectivity index (χ3n) is 2.83.